The third-order valence-electron chi connectivity index (χ3n) is 6.21. The molecule has 3 heterocycles. The molecule has 0 radical (unpaired) electrons. The Morgan fingerprint density at radius 2 is 1.77 bits per heavy atom. The standard InChI is InChI=1S/C25H27N7O7S/c33-19(15-40-24-26-10-5-11-27-24)17(14-21(35)36)28-23(38)18-8-4-12-31-20(34)9-13-30(25(39)32(18)31)29-22(37)16-6-2-1-3-7-16/h1-3,5-7,10-11,17-18H,4,8-9,12-15H2,(H,28,38)(H,29,37)(H,35,36)/t17-,18-/m0/s1. The van der Waals surface area contributed by atoms with E-state index in [9.17, 15) is 33.9 Å². The number of aliphatic carboxylic acids is 1. The van der Waals surface area contributed by atoms with Crippen molar-refractivity contribution in [2.45, 2.75) is 42.9 Å². The molecule has 2 aromatic rings. The van der Waals surface area contributed by atoms with Crippen LogP contribution in [0.3, 0.4) is 0 Å². The molecule has 2 atom stereocenters. The topological polar surface area (TPSA) is 182 Å². The van der Waals surface area contributed by atoms with Crippen LogP contribution in [0.15, 0.2) is 53.9 Å². The van der Waals surface area contributed by atoms with Crippen molar-refractivity contribution in [1.82, 2.24) is 35.7 Å². The average molecular weight is 570 g/mol. The smallest absolute Gasteiger partial charge is 0.358 e. The number of nitrogens with one attached hydrogen (secondary N) is 2. The Kier molecular flexibility index (Phi) is 9.27. The van der Waals surface area contributed by atoms with Gasteiger partial charge >= 0.3 is 12.0 Å². The van der Waals surface area contributed by atoms with Crippen LogP contribution in [0.5, 0.6) is 0 Å². The number of ketones is 1. The molecule has 210 valence electrons. The molecule has 4 rings (SSSR count). The zero-order valence-corrected chi connectivity index (χ0v) is 22.1. The number of urea groups is 1. The van der Waals surface area contributed by atoms with Gasteiger partial charge < -0.3 is 10.4 Å². The van der Waals surface area contributed by atoms with Gasteiger partial charge in [-0.25, -0.2) is 29.8 Å². The molecule has 14 nitrogen and oxygen atoms in total. The fourth-order valence-corrected chi connectivity index (χ4v) is 5.02. The highest BCUT2D eigenvalue weighted by Gasteiger charge is 2.44. The summed E-state index contributed by atoms with van der Waals surface area (Å²) in [6.45, 7) is 0.0660. The predicted molar refractivity (Wildman–Crippen MR) is 139 cm³/mol. The molecule has 2 saturated heterocycles. The number of hydrogen-bond donors (Lipinski definition) is 3. The molecule has 2 aliphatic rings. The van der Waals surface area contributed by atoms with Crippen molar-refractivity contribution < 1.29 is 33.9 Å². The number of hydrogen-bond acceptors (Lipinski definition) is 9. The van der Waals surface area contributed by atoms with E-state index < -0.39 is 54.0 Å². The lowest BCUT2D eigenvalue weighted by atomic mass is 10.0. The second kappa shape index (κ2) is 13.0. The van der Waals surface area contributed by atoms with Crippen LogP contribution in [0.25, 0.3) is 0 Å². The molecule has 3 N–H and O–H groups in total. The second-order valence-corrected chi connectivity index (χ2v) is 9.90. The summed E-state index contributed by atoms with van der Waals surface area (Å²) in [4.78, 5) is 84.9. The van der Waals surface area contributed by atoms with Crippen LogP contribution in [0.2, 0.25) is 0 Å². The molecular weight excluding hydrogens is 542 g/mol. The first-order chi connectivity index (χ1) is 19.2. The maximum absolute atomic E-state index is 13.5. The van der Waals surface area contributed by atoms with Crippen LogP contribution in [0.1, 0.15) is 36.0 Å². The molecule has 1 aromatic carbocycles. The van der Waals surface area contributed by atoms with Gasteiger partial charge in [0.15, 0.2) is 10.9 Å². The van der Waals surface area contributed by atoms with Gasteiger partial charge in [-0.3, -0.25) is 29.4 Å². The van der Waals surface area contributed by atoms with Gasteiger partial charge in [0.2, 0.25) is 11.8 Å². The third kappa shape index (κ3) is 6.91. The highest BCUT2D eigenvalue weighted by molar-refractivity contribution is 7.99. The van der Waals surface area contributed by atoms with E-state index in [0.717, 1.165) is 21.8 Å². The molecule has 2 fully saturated rings. The Hall–Kier alpha value is -4.53. The fraction of sp³-hybridized carbons (Fsp3) is 0.360. The number of nitrogens with zero attached hydrogens (tertiary/aromatic N) is 5. The van der Waals surface area contributed by atoms with Gasteiger partial charge in [0.1, 0.15) is 6.04 Å². The minimum atomic E-state index is -1.39. The Morgan fingerprint density at radius 1 is 1.05 bits per heavy atom. The van der Waals surface area contributed by atoms with E-state index in [2.05, 4.69) is 20.7 Å². The summed E-state index contributed by atoms with van der Waals surface area (Å²) in [5, 5.41) is 15.3. The Balaban J connectivity index is 1.50. The van der Waals surface area contributed by atoms with Crippen LogP contribution >= 0.6 is 11.8 Å². The zero-order valence-electron chi connectivity index (χ0n) is 21.3. The number of carbonyl (C=O) groups is 6. The maximum atomic E-state index is 13.5. The van der Waals surface area contributed by atoms with Crippen molar-refractivity contribution in [3.8, 4) is 0 Å². The van der Waals surface area contributed by atoms with Gasteiger partial charge in [-0.2, -0.15) is 0 Å². The molecule has 0 spiro atoms. The monoisotopic (exact) mass is 569 g/mol. The number of benzene rings is 1. The van der Waals surface area contributed by atoms with E-state index >= 15 is 0 Å². The quantitative estimate of drug-likeness (QED) is 0.269. The third-order valence-corrected chi connectivity index (χ3v) is 7.11. The number of carboxylic acid groups (broad SMARTS) is 1. The van der Waals surface area contributed by atoms with Crippen molar-refractivity contribution in [3.63, 3.8) is 0 Å². The van der Waals surface area contributed by atoms with Crippen molar-refractivity contribution in [1.29, 1.82) is 0 Å². The molecule has 0 unspecified atom stereocenters. The summed E-state index contributed by atoms with van der Waals surface area (Å²) in [5.74, 6) is -3.85. The fourth-order valence-electron chi connectivity index (χ4n) is 4.28. The Bertz CT molecular complexity index is 1280. The number of carbonyl (C=O) groups excluding carboxylic acids is 5. The highest BCUT2D eigenvalue weighted by atomic mass is 32.2. The average Bonchev–Trinajstić information content (AvgIpc) is 3.08. The van der Waals surface area contributed by atoms with Crippen LogP contribution in [-0.4, -0.2) is 96.5 Å². The van der Waals surface area contributed by atoms with Gasteiger partial charge in [-0.05, 0) is 31.0 Å². The molecule has 40 heavy (non-hydrogen) atoms. The van der Waals surface area contributed by atoms with E-state index in [1.807, 2.05) is 0 Å². The van der Waals surface area contributed by atoms with E-state index in [0.29, 0.717) is 17.1 Å². The highest BCUT2D eigenvalue weighted by Crippen LogP contribution is 2.24. The summed E-state index contributed by atoms with van der Waals surface area (Å²) >= 11 is 0.992. The minimum Gasteiger partial charge on any atom is -0.481 e. The van der Waals surface area contributed by atoms with Crippen molar-refractivity contribution in [3.05, 3.63) is 54.4 Å². The first kappa shape index (κ1) is 28.5. The Morgan fingerprint density at radius 3 is 2.48 bits per heavy atom. The normalized spacial score (nSPS) is 17.9. The van der Waals surface area contributed by atoms with E-state index in [1.54, 1.807) is 36.4 Å². The molecule has 0 saturated carbocycles. The first-order valence-corrected chi connectivity index (χ1v) is 13.4. The van der Waals surface area contributed by atoms with Crippen molar-refractivity contribution in [2.24, 2.45) is 0 Å². The SMILES string of the molecule is O=C(O)C[C@H](NC(=O)[C@@H]1CCCN2C(=O)CCN(NC(=O)c3ccccc3)C(=O)N12)C(=O)CSc1ncccn1. The lowest BCUT2D eigenvalue weighted by Crippen LogP contribution is -2.65. The maximum Gasteiger partial charge on any atom is 0.358 e. The lowest BCUT2D eigenvalue weighted by Gasteiger charge is -2.43. The lowest BCUT2D eigenvalue weighted by molar-refractivity contribution is -0.155. The Labute approximate surface area is 233 Å². The molecular formula is C25H27N7O7S. The molecule has 0 aliphatic carbocycles. The van der Waals surface area contributed by atoms with Gasteiger partial charge in [0, 0.05) is 30.9 Å². The second-order valence-electron chi connectivity index (χ2n) is 8.96. The van der Waals surface area contributed by atoms with Crippen molar-refractivity contribution >= 4 is 47.3 Å². The summed E-state index contributed by atoms with van der Waals surface area (Å²) in [7, 11) is 0. The van der Waals surface area contributed by atoms with E-state index in [1.165, 1.54) is 17.4 Å². The number of thioether (sulfide) groups is 1. The number of rotatable bonds is 10. The number of aromatic nitrogens is 2. The number of hydrazine groups is 2. The van der Waals surface area contributed by atoms with Crippen LogP contribution in [-0.2, 0) is 19.2 Å². The van der Waals surface area contributed by atoms with Crippen LogP contribution < -0.4 is 10.7 Å². The number of amides is 5. The number of carboxylic acids is 1. The van der Waals surface area contributed by atoms with Gasteiger partial charge in [-0.15, -0.1) is 0 Å². The summed E-state index contributed by atoms with van der Waals surface area (Å²) in [5.41, 5.74) is 2.80. The molecule has 15 heteroatoms. The number of Topliss-reactive ketones (excluding diaryl/α,β-unsaturated/α-hetero) is 1. The van der Waals surface area contributed by atoms with Gasteiger partial charge in [0.05, 0.1) is 24.8 Å². The zero-order chi connectivity index (χ0) is 28.6. The summed E-state index contributed by atoms with van der Waals surface area (Å²) < 4.78 is 0. The summed E-state index contributed by atoms with van der Waals surface area (Å²) in [6, 6.07) is 6.39. The number of fused-ring (bicyclic) bond motifs is 1. The van der Waals surface area contributed by atoms with Crippen molar-refractivity contribution in [2.75, 3.05) is 18.8 Å². The minimum absolute atomic E-state index is 0.0927. The van der Waals surface area contributed by atoms with E-state index in [4.69, 9.17) is 0 Å². The molecule has 1 aromatic heterocycles. The summed E-state index contributed by atoms with van der Waals surface area (Å²) in [6.07, 6.45) is 2.77. The first-order valence-electron chi connectivity index (χ1n) is 12.5. The van der Waals surface area contributed by atoms with Gasteiger partial charge in [-0.1, -0.05) is 30.0 Å². The molecule has 5 amide bonds. The van der Waals surface area contributed by atoms with Crippen LogP contribution in [0, 0.1) is 0 Å². The predicted octanol–water partition coefficient (Wildman–Crippen LogP) is 0.476. The van der Waals surface area contributed by atoms with Crippen LogP contribution in [0.4, 0.5) is 4.79 Å². The van der Waals surface area contributed by atoms with Gasteiger partial charge in [0.25, 0.3) is 5.91 Å². The molecule has 2 aliphatic heterocycles. The molecule has 0 bridgehead atoms. The van der Waals surface area contributed by atoms with E-state index in [-0.39, 0.29) is 31.7 Å². The largest absolute Gasteiger partial charge is 0.481 e.